The van der Waals surface area contributed by atoms with Gasteiger partial charge in [-0.1, -0.05) is 77.6 Å². The van der Waals surface area contributed by atoms with Crippen molar-refractivity contribution in [2.45, 2.75) is 141 Å². The zero-order valence-corrected chi connectivity index (χ0v) is 24.5. The maximum atomic E-state index is 12.6. The molecule has 38 heavy (non-hydrogen) atoms. The number of hydrogen-bond donors (Lipinski definition) is 1. The highest BCUT2D eigenvalue weighted by Crippen LogP contribution is 2.39. The molecule has 0 bridgehead atoms. The molecule has 0 aliphatic carbocycles. The number of nitrogens with one attached hydrogen (secondary N) is 1. The Morgan fingerprint density at radius 3 is 2.16 bits per heavy atom. The molecule has 0 unspecified atom stereocenters. The summed E-state index contributed by atoms with van der Waals surface area (Å²) in [6.07, 6.45) is 12.7. The lowest BCUT2D eigenvalue weighted by atomic mass is 10.1. The van der Waals surface area contributed by atoms with Crippen molar-refractivity contribution in [3.63, 3.8) is 0 Å². The zero-order valence-electron chi connectivity index (χ0n) is 23.7. The topological polar surface area (TPSA) is 113 Å². The summed E-state index contributed by atoms with van der Waals surface area (Å²) in [4.78, 5) is 12.4. The number of unbranched alkanes of at least 4 members (excludes halogenated alkanes) is 9. The minimum absolute atomic E-state index is 0.163. The number of nitrogens with zero attached hydrogens (tertiary/aromatic N) is 1. The van der Waals surface area contributed by atoms with Crippen LogP contribution in [0.25, 0.3) is 0 Å². The minimum Gasteiger partial charge on any atom is -0.446 e. The van der Waals surface area contributed by atoms with E-state index in [-0.39, 0.29) is 6.61 Å². The van der Waals surface area contributed by atoms with E-state index in [9.17, 15) is 13.2 Å². The summed E-state index contributed by atoms with van der Waals surface area (Å²) >= 11 is 0. The van der Waals surface area contributed by atoms with Gasteiger partial charge in [-0.15, -0.1) is 0 Å². The van der Waals surface area contributed by atoms with Crippen molar-refractivity contribution >= 4 is 16.3 Å². The lowest BCUT2D eigenvalue weighted by Gasteiger charge is -2.26. The number of carbonyl (C=O) groups excluding carboxylic acids is 1. The van der Waals surface area contributed by atoms with Crippen LogP contribution in [0.15, 0.2) is 0 Å². The Hall–Kier alpha value is -0.980. The lowest BCUT2D eigenvalue weighted by molar-refractivity contribution is -0.221. The second-order valence-electron chi connectivity index (χ2n) is 11.2. The van der Waals surface area contributed by atoms with E-state index in [4.69, 9.17) is 23.7 Å². The Morgan fingerprint density at radius 1 is 0.921 bits per heavy atom. The summed E-state index contributed by atoms with van der Waals surface area (Å²) in [5.74, 6) is -0.793. The van der Waals surface area contributed by atoms with Gasteiger partial charge < -0.3 is 23.7 Å². The van der Waals surface area contributed by atoms with E-state index in [2.05, 4.69) is 6.92 Å². The number of rotatable bonds is 16. The molecule has 1 N–H and O–H groups in total. The van der Waals surface area contributed by atoms with Crippen LogP contribution >= 0.6 is 0 Å². The molecule has 1 amide bonds. The molecule has 3 heterocycles. The molecule has 0 radical (unpaired) electrons. The van der Waals surface area contributed by atoms with Crippen molar-refractivity contribution in [3.05, 3.63) is 0 Å². The first-order chi connectivity index (χ1) is 18.2. The Kier molecular flexibility index (Phi) is 13.0. The highest BCUT2D eigenvalue weighted by Gasteiger charge is 2.55. The van der Waals surface area contributed by atoms with Gasteiger partial charge in [0.25, 0.3) is 0 Å². The predicted molar refractivity (Wildman–Crippen MR) is 144 cm³/mol. The molecule has 4 atom stereocenters. The third-order valence-corrected chi connectivity index (χ3v) is 8.86. The molecule has 0 aromatic rings. The summed E-state index contributed by atoms with van der Waals surface area (Å²) in [5, 5.41) is 0. The van der Waals surface area contributed by atoms with Gasteiger partial charge in [-0.05, 0) is 33.1 Å². The van der Waals surface area contributed by atoms with Gasteiger partial charge in [-0.3, -0.25) is 0 Å². The summed E-state index contributed by atoms with van der Waals surface area (Å²) in [6.45, 7) is 7.06. The SMILES string of the molecule is CCCCCCCCCCCCO[C@@H]1[C@H]2OC(C)(C)O[C@H]2O[C@@H]1COC(=O)NS(=O)(=O)N1CCCCCC1. The molecule has 3 aliphatic rings. The van der Waals surface area contributed by atoms with Crippen molar-refractivity contribution < 1.29 is 36.9 Å². The quantitative estimate of drug-likeness (QED) is 0.261. The molecular formula is C27H50N2O8S. The first-order valence-corrected chi connectivity index (χ1v) is 16.2. The van der Waals surface area contributed by atoms with Crippen LogP contribution in [0.5, 0.6) is 0 Å². The molecule has 11 heteroatoms. The van der Waals surface area contributed by atoms with Gasteiger partial charge in [-0.2, -0.15) is 12.7 Å². The fourth-order valence-electron chi connectivity index (χ4n) is 5.33. The van der Waals surface area contributed by atoms with Crippen molar-refractivity contribution in [3.8, 4) is 0 Å². The van der Waals surface area contributed by atoms with Gasteiger partial charge in [-0.25, -0.2) is 9.52 Å². The van der Waals surface area contributed by atoms with E-state index >= 15 is 0 Å². The fraction of sp³-hybridized carbons (Fsp3) is 0.963. The molecule has 3 fully saturated rings. The Morgan fingerprint density at radius 2 is 1.53 bits per heavy atom. The fourth-order valence-corrected chi connectivity index (χ4v) is 6.47. The predicted octanol–water partition coefficient (Wildman–Crippen LogP) is 5.02. The third kappa shape index (κ3) is 10.2. The number of fused-ring (bicyclic) bond motifs is 1. The Bertz CT molecular complexity index is 801. The molecule has 3 saturated heterocycles. The highest BCUT2D eigenvalue weighted by atomic mass is 32.2. The lowest BCUT2D eigenvalue weighted by Crippen LogP contribution is -2.45. The molecular weight excluding hydrogens is 512 g/mol. The summed E-state index contributed by atoms with van der Waals surface area (Å²) in [5.41, 5.74) is 0. The average Bonchev–Trinajstić information content (AvgIpc) is 3.16. The number of ether oxygens (including phenoxy) is 5. The summed E-state index contributed by atoms with van der Waals surface area (Å²) in [6, 6.07) is 0. The van der Waals surface area contributed by atoms with Crippen molar-refractivity contribution in [1.29, 1.82) is 0 Å². The van der Waals surface area contributed by atoms with Gasteiger partial charge in [0.05, 0.1) is 0 Å². The van der Waals surface area contributed by atoms with Gasteiger partial charge in [0.1, 0.15) is 24.9 Å². The third-order valence-electron chi connectivity index (χ3n) is 7.39. The van der Waals surface area contributed by atoms with Crippen molar-refractivity contribution in [1.82, 2.24) is 9.03 Å². The van der Waals surface area contributed by atoms with Crippen LogP contribution in [0.1, 0.15) is 111 Å². The van der Waals surface area contributed by atoms with Gasteiger partial charge in [0.15, 0.2) is 12.1 Å². The molecule has 0 aromatic heterocycles. The van der Waals surface area contributed by atoms with Crippen LogP contribution in [-0.4, -0.2) is 75.5 Å². The van der Waals surface area contributed by atoms with E-state index < -0.39 is 46.7 Å². The number of amides is 1. The molecule has 3 aliphatic heterocycles. The van der Waals surface area contributed by atoms with E-state index in [1.54, 1.807) is 0 Å². The first-order valence-electron chi connectivity index (χ1n) is 14.8. The average molecular weight is 563 g/mol. The standard InChI is InChI=1S/C27H50N2O8S/c1-4-5-6-7-8-9-10-11-14-17-20-33-23-22(35-25-24(23)36-27(2,3)37-25)21-34-26(30)28-38(31,32)29-18-15-12-13-16-19-29/h22-25H,4-21H2,1-3H3,(H,28,30)/t22-,23+,24-,25-/m1/s1. The van der Waals surface area contributed by atoms with E-state index in [0.717, 1.165) is 38.5 Å². The van der Waals surface area contributed by atoms with Crippen LogP contribution < -0.4 is 4.72 Å². The number of hydrogen-bond acceptors (Lipinski definition) is 8. The molecule has 3 rings (SSSR count). The van der Waals surface area contributed by atoms with Gasteiger partial charge in [0.2, 0.25) is 0 Å². The second-order valence-corrected chi connectivity index (χ2v) is 12.8. The molecule has 0 saturated carbocycles. The van der Waals surface area contributed by atoms with Crippen LogP contribution in [0.3, 0.4) is 0 Å². The number of carbonyl (C=O) groups is 1. The van der Waals surface area contributed by atoms with Crippen molar-refractivity contribution in [2.75, 3.05) is 26.3 Å². The van der Waals surface area contributed by atoms with Crippen LogP contribution in [0.4, 0.5) is 4.79 Å². The summed E-state index contributed by atoms with van der Waals surface area (Å²) < 4.78 is 57.7. The normalized spacial score (nSPS) is 27.7. The molecule has 0 spiro atoms. The van der Waals surface area contributed by atoms with Gasteiger partial charge >= 0.3 is 16.3 Å². The van der Waals surface area contributed by atoms with Gasteiger partial charge in [0, 0.05) is 19.7 Å². The van der Waals surface area contributed by atoms with E-state index in [1.165, 1.54) is 55.7 Å². The zero-order chi connectivity index (χ0) is 27.4. The molecule has 0 aromatic carbocycles. The molecule has 10 nitrogen and oxygen atoms in total. The first kappa shape index (κ1) is 31.5. The van der Waals surface area contributed by atoms with Crippen LogP contribution in [-0.2, 0) is 33.9 Å². The van der Waals surface area contributed by atoms with Crippen LogP contribution in [0, 0.1) is 0 Å². The van der Waals surface area contributed by atoms with Crippen LogP contribution in [0.2, 0.25) is 0 Å². The maximum Gasteiger partial charge on any atom is 0.422 e. The summed E-state index contributed by atoms with van der Waals surface area (Å²) in [7, 11) is -3.94. The monoisotopic (exact) mass is 562 g/mol. The minimum atomic E-state index is -3.94. The molecule has 222 valence electrons. The Balaban J connectivity index is 1.40. The smallest absolute Gasteiger partial charge is 0.422 e. The maximum absolute atomic E-state index is 12.6. The largest absolute Gasteiger partial charge is 0.446 e. The van der Waals surface area contributed by atoms with Crippen molar-refractivity contribution in [2.24, 2.45) is 0 Å². The highest BCUT2D eigenvalue weighted by molar-refractivity contribution is 7.87. The Labute approximate surface area is 229 Å². The van der Waals surface area contributed by atoms with E-state index in [1.807, 2.05) is 18.6 Å². The second kappa shape index (κ2) is 15.7. The van der Waals surface area contributed by atoms with E-state index in [0.29, 0.717) is 19.7 Å².